The lowest BCUT2D eigenvalue weighted by Gasteiger charge is -2.34. The third-order valence-corrected chi connectivity index (χ3v) is 2.95. The fourth-order valence-corrected chi connectivity index (χ4v) is 1.58. The minimum Gasteiger partial charge on any atom is -0.311 e. The second kappa shape index (κ2) is 2.52. The number of nitrogens with zero attached hydrogens (tertiary/aromatic N) is 1. The zero-order valence-electron chi connectivity index (χ0n) is 7.78. The standard InChI is InChI=1S/C10H17N/c1-9(2)5-7-10(3,11-4)8-6-9/h5-8H2,1-3H3. The Morgan fingerprint density at radius 3 is 1.82 bits per heavy atom. The van der Waals surface area contributed by atoms with Gasteiger partial charge in [0.2, 0.25) is 5.54 Å². The van der Waals surface area contributed by atoms with Gasteiger partial charge in [0.1, 0.15) is 0 Å². The third-order valence-electron chi connectivity index (χ3n) is 2.95. The smallest absolute Gasteiger partial charge is 0.230 e. The molecule has 1 aliphatic rings. The summed E-state index contributed by atoms with van der Waals surface area (Å²) in [6.45, 7) is 13.7. The van der Waals surface area contributed by atoms with Crippen LogP contribution in [0.15, 0.2) is 0 Å². The van der Waals surface area contributed by atoms with Crippen LogP contribution in [-0.2, 0) is 0 Å². The molecule has 0 aromatic rings. The van der Waals surface area contributed by atoms with Crippen LogP contribution in [-0.4, -0.2) is 5.54 Å². The highest BCUT2D eigenvalue weighted by molar-refractivity contribution is 4.99. The lowest BCUT2D eigenvalue weighted by atomic mass is 9.70. The van der Waals surface area contributed by atoms with Gasteiger partial charge in [-0.25, -0.2) is 6.57 Å². The zero-order valence-corrected chi connectivity index (χ0v) is 7.78. The molecule has 1 rings (SSSR count). The maximum Gasteiger partial charge on any atom is 0.230 e. The summed E-state index contributed by atoms with van der Waals surface area (Å²) in [4.78, 5) is 3.70. The maximum absolute atomic E-state index is 7.05. The molecule has 0 aromatic heterocycles. The molecule has 0 aromatic carbocycles. The van der Waals surface area contributed by atoms with Gasteiger partial charge in [-0.15, -0.1) is 0 Å². The van der Waals surface area contributed by atoms with Crippen molar-refractivity contribution in [3.8, 4) is 0 Å². The third kappa shape index (κ3) is 1.96. The van der Waals surface area contributed by atoms with Gasteiger partial charge in [-0.3, -0.25) is 0 Å². The van der Waals surface area contributed by atoms with Crippen LogP contribution in [0.1, 0.15) is 46.5 Å². The van der Waals surface area contributed by atoms with Gasteiger partial charge < -0.3 is 4.85 Å². The van der Waals surface area contributed by atoms with Crippen molar-refractivity contribution in [1.29, 1.82) is 0 Å². The van der Waals surface area contributed by atoms with Crippen LogP contribution >= 0.6 is 0 Å². The Morgan fingerprint density at radius 2 is 1.45 bits per heavy atom. The first kappa shape index (κ1) is 8.59. The van der Waals surface area contributed by atoms with E-state index in [1.807, 2.05) is 0 Å². The largest absolute Gasteiger partial charge is 0.311 e. The second-order valence-electron chi connectivity index (χ2n) is 4.77. The van der Waals surface area contributed by atoms with Gasteiger partial charge >= 0.3 is 0 Å². The van der Waals surface area contributed by atoms with E-state index in [2.05, 4.69) is 25.6 Å². The SMILES string of the molecule is [C-]#[N+]C1(C)CCC(C)(C)CC1. The first-order chi connectivity index (χ1) is 4.97. The van der Waals surface area contributed by atoms with Gasteiger partial charge in [0.25, 0.3) is 0 Å². The van der Waals surface area contributed by atoms with Crippen LogP contribution in [0.2, 0.25) is 0 Å². The quantitative estimate of drug-likeness (QED) is 0.468. The number of hydrogen-bond donors (Lipinski definition) is 0. The monoisotopic (exact) mass is 151 g/mol. The molecule has 0 N–H and O–H groups in total. The summed E-state index contributed by atoms with van der Waals surface area (Å²) < 4.78 is 0. The van der Waals surface area contributed by atoms with Crippen molar-refractivity contribution in [2.45, 2.75) is 52.0 Å². The zero-order chi connectivity index (χ0) is 8.54. The normalized spacial score (nSPS) is 27.5. The molecule has 0 heterocycles. The molecule has 62 valence electrons. The van der Waals surface area contributed by atoms with Gasteiger partial charge in [0, 0.05) is 19.8 Å². The van der Waals surface area contributed by atoms with Gasteiger partial charge in [-0.1, -0.05) is 13.8 Å². The van der Waals surface area contributed by atoms with Crippen molar-refractivity contribution >= 4 is 0 Å². The van der Waals surface area contributed by atoms with Gasteiger partial charge in [0.15, 0.2) is 0 Å². The molecule has 0 atom stereocenters. The number of hydrogen-bond acceptors (Lipinski definition) is 0. The average molecular weight is 151 g/mol. The molecule has 1 heteroatoms. The van der Waals surface area contributed by atoms with Crippen molar-refractivity contribution in [2.24, 2.45) is 5.41 Å². The first-order valence-corrected chi connectivity index (χ1v) is 4.36. The van der Waals surface area contributed by atoms with E-state index in [1.54, 1.807) is 0 Å². The predicted octanol–water partition coefficient (Wildman–Crippen LogP) is 3.26. The molecule has 1 nitrogen and oxygen atoms in total. The molecule has 0 amide bonds. The van der Waals surface area contributed by atoms with E-state index in [0.717, 1.165) is 12.8 Å². The summed E-state index contributed by atoms with van der Waals surface area (Å²) in [5, 5.41) is 0. The Labute approximate surface area is 69.6 Å². The predicted molar refractivity (Wildman–Crippen MR) is 47.3 cm³/mol. The lowest BCUT2D eigenvalue weighted by molar-refractivity contribution is 0.197. The highest BCUT2D eigenvalue weighted by Gasteiger charge is 2.39. The van der Waals surface area contributed by atoms with Gasteiger partial charge in [0.05, 0.1) is 0 Å². The van der Waals surface area contributed by atoms with Crippen molar-refractivity contribution in [2.75, 3.05) is 0 Å². The topological polar surface area (TPSA) is 4.36 Å². The van der Waals surface area contributed by atoms with Crippen molar-refractivity contribution in [1.82, 2.24) is 0 Å². The Kier molecular flexibility index (Phi) is 1.96. The summed E-state index contributed by atoms with van der Waals surface area (Å²) >= 11 is 0. The second-order valence-corrected chi connectivity index (χ2v) is 4.77. The van der Waals surface area contributed by atoms with E-state index in [1.165, 1.54) is 12.8 Å². The van der Waals surface area contributed by atoms with E-state index in [9.17, 15) is 0 Å². The molecular weight excluding hydrogens is 134 g/mol. The average Bonchev–Trinajstić information content (AvgIpc) is 1.97. The first-order valence-electron chi connectivity index (χ1n) is 4.36. The van der Waals surface area contributed by atoms with Crippen LogP contribution in [0.25, 0.3) is 4.85 Å². The van der Waals surface area contributed by atoms with Crippen LogP contribution in [0, 0.1) is 12.0 Å². The molecule has 1 aliphatic carbocycles. The van der Waals surface area contributed by atoms with Gasteiger partial charge in [-0.2, -0.15) is 0 Å². The van der Waals surface area contributed by atoms with Crippen molar-refractivity contribution in [3.63, 3.8) is 0 Å². The van der Waals surface area contributed by atoms with E-state index >= 15 is 0 Å². The van der Waals surface area contributed by atoms with Crippen LogP contribution in [0.5, 0.6) is 0 Å². The molecule has 0 radical (unpaired) electrons. The van der Waals surface area contributed by atoms with Gasteiger partial charge in [-0.05, 0) is 18.3 Å². The Balaban J connectivity index is 2.56. The highest BCUT2D eigenvalue weighted by Crippen LogP contribution is 2.41. The molecule has 0 saturated heterocycles. The van der Waals surface area contributed by atoms with Crippen LogP contribution in [0.4, 0.5) is 0 Å². The van der Waals surface area contributed by atoms with Crippen molar-refractivity contribution in [3.05, 3.63) is 11.4 Å². The molecule has 0 bridgehead atoms. The van der Waals surface area contributed by atoms with E-state index in [4.69, 9.17) is 6.57 Å². The van der Waals surface area contributed by atoms with Crippen LogP contribution in [0.3, 0.4) is 0 Å². The molecule has 0 spiro atoms. The summed E-state index contributed by atoms with van der Waals surface area (Å²) in [7, 11) is 0. The maximum atomic E-state index is 7.05. The molecule has 1 saturated carbocycles. The van der Waals surface area contributed by atoms with E-state index in [0.29, 0.717) is 5.41 Å². The number of rotatable bonds is 0. The highest BCUT2D eigenvalue weighted by atomic mass is 14.8. The van der Waals surface area contributed by atoms with Crippen LogP contribution < -0.4 is 0 Å². The summed E-state index contributed by atoms with van der Waals surface area (Å²) in [5.41, 5.74) is 0.458. The molecule has 0 unspecified atom stereocenters. The molecule has 11 heavy (non-hydrogen) atoms. The summed E-state index contributed by atoms with van der Waals surface area (Å²) in [5.74, 6) is 0. The lowest BCUT2D eigenvalue weighted by Crippen LogP contribution is -2.31. The summed E-state index contributed by atoms with van der Waals surface area (Å²) in [6, 6.07) is 0. The van der Waals surface area contributed by atoms with E-state index in [-0.39, 0.29) is 5.54 Å². The minimum atomic E-state index is -0.0322. The Bertz CT molecular complexity index is 176. The summed E-state index contributed by atoms with van der Waals surface area (Å²) in [6.07, 6.45) is 4.60. The van der Waals surface area contributed by atoms with E-state index < -0.39 is 0 Å². The Hall–Kier alpha value is -0.510. The molecule has 0 aliphatic heterocycles. The minimum absolute atomic E-state index is 0.0322. The molecule has 1 fully saturated rings. The van der Waals surface area contributed by atoms with Crippen molar-refractivity contribution < 1.29 is 0 Å². The fraction of sp³-hybridized carbons (Fsp3) is 0.900. The fourth-order valence-electron chi connectivity index (χ4n) is 1.58. The Morgan fingerprint density at radius 1 is 1.00 bits per heavy atom. The molecular formula is C10H17N.